The van der Waals surface area contributed by atoms with Crippen molar-refractivity contribution in [3.05, 3.63) is 59.2 Å². The average Bonchev–Trinajstić information content (AvgIpc) is 2.96. The smallest absolute Gasteiger partial charge is 0.128 e. The lowest BCUT2D eigenvalue weighted by Gasteiger charge is -2.15. The summed E-state index contributed by atoms with van der Waals surface area (Å²) in [5, 5.41) is 10.5. The van der Waals surface area contributed by atoms with Gasteiger partial charge in [-0.2, -0.15) is 0 Å². The highest BCUT2D eigenvalue weighted by atomic mass is 16.5. The topological polar surface area (TPSA) is 38.7 Å². The van der Waals surface area contributed by atoms with Crippen LogP contribution in [0.25, 0.3) is 0 Å². The molecule has 0 saturated carbocycles. The predicted molar refractivity (Wildman–Crippen MR) is 77.3 cm³/mol. The number of para-hydroxylation sites is 1. The average molecular weight is 270 g/mol. The third kappa shape index (κ3) is 2.49. The molecular formula is C17H18O3. The fourth-order valence-corrected chi connectivity index (χ4v) is 2.60. The molecule has 0 spiro atoms. The van der Waals surface area contributed by atoms with E-state index >= 15 is 0 Å². The normalized spacial score (nSPS) is 14.5. The number of aliphatic hydroxyl groups is 1. The predicted octanol–water partition coefficient (Wildman–Crippen LogP) is 2.91. The second-order valence-electron chi connectivity index (χ2n) is 5.00. The van der Waals surface area contributed by atoms with Gasteiger partial charge in [-0.3, -0.25) is 0 Å². The molecule has 1 atom stereocenters. The second-order valence-corrected chi connectivity index (χ2v) is 5.00. The van der Waals surface area contributed by atoms with E-state index in [0.29, 0.717) is 13.0 Å². The largest absolute Gasteiger partial charge is 0.497 e. The van der Waals surface area contributed by atoms with Gasteiger partial charge >= 0.3 is 0 Å². The van der Waals surface area contributed by atoms with E-state index in [1.165, 1.54) is 5.56 Å². The molecule has 2 aromatic carbocycles. The van der Waals surface area contributed by atoms with Crippen LogP contribution < -0.4 is 9.47 Å². The van der Waals surface area contributed by atoms with Crippen molar-refractivity contribution >= 4 is 0 Å². The van der Waals surface area contributed by atoms with Crippen LogP contribution in [0.2, 0.25) is 0 Å². The Morgan fingerprint density at radius 1 is 1.20 bits per heavy atom. The minimum atomic E-state index is -0.545. The fraction of sp³-hybridized carbons (Fsp3) is 0.294. The Balaban J connectivity index is 1.79. The lowest BCUT2D eigenvalue weighted by Crippen LogP contribution is -2.04. The van der Waals surface area contributed by atoms with Crippen molar-refractivity contribution in [1.82, 2.24) is 0 Å². The molecule has 0 saturated heterocycles. The Morgan fingerprint density at radius 3 is 2.75 bits per heavy atom. The van der Waals surface area contributed by atoms with Gasteiger partial charge in [0.15, 0.2) is 0 Å². The van der Waals surface area contributed by atoms with Crippen molar-refractivity contribution in [2.45, 2.75) is 18.9 Å². The van der Waals surface area contributed by atoms with Crippen molar-refractivity contribution in [2.75, 3.05) is 13.7 Å². The van der Waals surface area contributed by atoms with Crippen LogP contribution in [-0.2, 0) is 12.8 Å². The molecule has 0 radical (unpaired) electrons. The summed E-state index contributed by atoms with van der Waals surface area (Å²) < 4.78 is 10.8. The number of ether oxygens (including phenoxy) is 2. The van der Waals surface area contributed by atoms with Crippen molar-refractivity contribution in [1.29, 1.82) is 0 Å². The lowest BCUT2D eigenvalue weighted by molar-refractivity contribution is 0.173. The highest BCUT2D eigenvalue weighted by Crippen LogP contribution is 2.34. The molecule has 1 heterocycles. The molecule has 0 bridgehead atoms. The Morgan fingerprint density at radius 2 is 2.00 bits per heavy atom. The van der Waals surface area contributed by atoms with Crippen molar-refractivity contribution in [2.24, 2.45) is 0 Å². The molecular weight excluding hydrogens is 252 g/mol. The summed E-state index contributed by atoms with van der Waals surface area (Å²) in [6, 6.07) is 13.8. The quantitative estimate of drug-likeness (QED) is 0.928. The van der Waals surface area contributed by atoms with Gasteiger partial charge in [0.05, 0.1) is 19.8 Å². The van der Waals surface area contributed by atoms with Crippen LogP contribution in [0.3, 0.4) is 0 Å². The number of aliphatic hydroxyl groups excluding tert-OH is 1. The summed E-state index contributed by atoms with van der Waals surface area (Å²) in [6.07, 6.45) is 0.957. The Hall–Kier alpha value is -2.00. The van der Waals surface area contributed by atoms with Gasteiger partial charge in [0.2, 0.25) is 0 Å². The summed E-state index contributed by atoms with van der Waals surface area (Å²) in [5.74, 6) is 1.70. The zero-order chi connectivity index (χ0) is 13.9. The molecule has 3 nitrogen and oxygen atoms in total. The number of methoxy groups -OCH3 is 1. The first-order valence-corrected chi connectivity index (χ1v) is 6.83. The summed E-state index contributed by atoms with van der Waals surface area (Å²) in [7, 11) is 1.65. The molecule has 2 aromatic rings. The maximum atomic E-state index is 10.5. The van der Waals surface area contributed by atoms with E-state index in [2.05, 4.69) is 6.07 Å². The molecule has 0 fully saturated rings. The first kappa shape index (κ1) is 13.0. The van der Waals surface area contributed by atoms with E-state index in [9.17, 15) is 5.11 Å². The maximum absolute atomic E-state index is 10.5. The van der Waals surface area contributed by atoms with Crippen LogP contribution in [-0.4, -0.2) is 18.8 Å². The summed E-state index contributed by atoms with van der Waals surface area (Å²) in [6.45, 7) is 0.710. The van der Waals surface area contributed by atoms with Gasteiger partial charge in [-0.1, -0.05) is 30.3 Å². The van der Waals surface area contributed by atoms with E-state index in [1.807, 2.05) is 36.4 Å². The first-order valence-electron chi connectivity index (χ1n) is 6.83. The van der Waals surface area contributed by atoms with Gasteiger partial charge in [0.1, 0.15) is 11.5 Å². The molecule has 0 aliphatic carbocycles. The Labute approximate surface area is 118 Å². The molecule has 20 heavy (non-hydrogen) atoms. The van der Waals surface area contributed by atoms with Crippen LogP contribution in [0.4, 0.5) is 0 Å². The third-order valence-corrected chi connectivity index (χ3v) is 3.69. The molecule has 0 amide bonds. The number of fused-ring (bicyclic) bond motifs is 1. The molecule has 1 aliphatic rings. The highest BCUT2D eigenvalue weighted by Gasteiger charge is 2.20. The van der Waals surface area contributed by atoms with Crippen molar-refractivity contribution in [3.63, 3.8) is 0 Å². The zero-order valence-electron chi connectivity index (χ0n) is 11.5. The van der Waals surface area contributed by atoms with Crippen LogP contribution in [0, 0.1) is 0 Å². The van der Waals surface area contributed by atoms with Crippen LogP contribution in [0.15, 0.2) is 42.5 Å². The molecule has 1 N–H and O–H groups in total. The van der Waals surface area contributed by atoms with E-state index in [4.69, 9.17) is 9.47 Å². The van der Waals surface area contributed by atoms with Crippen molar-refractivity contribution < 1.29 is 14.6 Å². The van der Waals surface area contributed by atoms with Gasteiger partial charge in [-0.15, -0.1) is 0 Å². The van der Waals surface area contributed by atoms with Gasteiger partial charge in [-0.25, -0.2) is 0 Å². The van der Waals surface area contributed by atoms with Gasteiger partial charge in [-0.05, 0) is 23.3 Å². The highest BCUT2D eigenvalue weighted by molar-refractivity contribution is 5.45. The van der Waals surface area contributed by atoms with Gasteiger partial charge in [0, 0.05) is 18.4 Å². The minimum Gasteiger partial charge on any atom is -0.497 e. The van der Waals surface area contributed by atoms with Gasteiger partial charge in [0.25, 0.3) is 0 Å². The Kier molecular flexibility index (Phi) is 3.61. The number of rotatable bonds is 4. The van der Waals surface area contributed by atoms with Crippen LogP contribution in [0.5, 0.6) is 11.5 Å². The van der Waals surface area contributed by atoms with E-state index in [-0.39, 0.29) is 0 Å². The second kappa shape index (κ2) is 5.55. The summed E-state index contributed by atoms with van der Waals surface area (Å²) >= 11 is 0. The zero-order valence-corrected chi connectivity index (χ0v) is 11.5. The minimum absolute atomic E-state index is 0.545. The Bertz CT molecular complexity index is 590. The monoisotopic (exact) mass is 270 g/mol. The number of benzene rings is 2. The summed E-state index contributed by atoms with van der Waals surface area (Å²) in [4.78, 5) is 0. The van der Waals surface area contributed by atoms with Gasteiger partial charge < -0.3 is 14.6 Å². The molecule has 1 aliphatic heterocycles. The standard InChI is InChI=1S/C17H18O3/c1-19-14-7-5-12(6-8-14)11-16(18)15-4-2-3-13-9-10-20-17(13)15/h2-8,16,18H,9-11H2,1H3. The van der Waals surface area contributed by atoms with Crippen LogP contribution >= 0.6 is 0 Å². The van der Waals surface area contributed by atoms with E-state index in [1.54, 1.807) is 7.11 Å². The molecule has 3 heteroatoms. The molecule has 1 unspecified atom stereocenters. The fourth-order valence-electron chi connectivity index (χ4n) is 2.60. The molecule has 3 rings (SSSR count). The molecule has 0 aromatic heterocycles. The summed E-state index contributed by atoms with van der Waals surface area (Å²) in [5.41, 5.74) is 3.15. The first-order chi connectivity index (χ1) is 9.78. The van der Waals surface area contributed by atoms with Crippen molar-refractivity contribution in [3.8, 4) is 11.5 Å². The van der Waals surface area contributed by atoms with E-state index in [0.717, 1.165) is 29.0 Å². The van der Waals surface area contributed by atoms with E-state index < -0.39 is 6.10 Å². The third-order valence-electron chi connectivity index (χ3n) is 3.69. The lowest BCUT2D eigenvalue weighted by atomic mass is 9.98. The van der Waals surface area contributed by atoms with Crippen LogP contribution in [0.1, 0.15) is 22.8 Å². The SMILES string of the molecule is COc1ccc(CC(O)c2cccc3c2OCC3)cc1. The number of hydrogen-bond acceptors (Lipinski definition) is 3. The maximum Gasteiger partial charge on any atom is 0.128 e. The molecule has 104 valence electrons. The number of hydrogen-bond donors (Lipinski definition) is 1.